The van der Waals surface area contributed by atoms with Crippen molar-refractivity contribution in [1.82, 2.24) is 14.8 Å². The van der Waals surface area contributed by atoms with Gasteiger partial charge in [-0.05, 0) is 12.8 Å². The molecule has 16 heavy (non-hydrogen) atoms. The number of aryl methyl sites for hydroxylation is 1. The number of aromatic nitrogens is 3. The zero-order valence-corrected chi connectivity index (χ0v) is 9.39. The zero-order chi connectivity index (χ0) is 11.5. The summed E-state index contributed by atoms with van der Waals surface area (Å²) < 4.78 is 1.90. The highest BCUT2D eigenvalue weighted by molar-refractivity contribution is 5.66. The van der Waals surface area contributed by atoms with E-state index >= 15 is 0 Å². The first-order chi connectivity index (χ1) is 7.68. The van der Waals surface area contributed by atoms with Crippen molar-refractivity contribution in [3.8, 4) is 0 Å². The maximum atomic E-state index is 10.5. The summed E-state index contributed by atoms with van der Waals surface area (Å²) in [6.07, 6.45) is 2.92. The molecular weight excluding hydrogens is 208 g/mol. The summed E-state index contributed by atoms with van der Waals surface area (Å²) in [5.74, 6) is 0.799. The number of rotatable bonds is 4. The summed E-state index contributed by atoms with van der Waals surface area (Å²) in [6.45, 7) is 2.04. The number of carboxylic acid groups (broad SMARTS) is 1. The summed E-state index contributed by atoms with van der Waals surface area (Å²) in [5.41, 5.74) is 0. The molecule has 1 N–H and O–H groups in total. The van der Waals surface area contributed by atoms with Crippen molar-refractivity contribution in [3.63, 3.8) is 0 Å². The Kier molecular flexibility index (Phi) is 3.07. The SMILES string of the molecule is Cn1c(CCC(=O)O)nnc1N1CCCC1. The minimum absolute atomic E-state index is 0.103. The van der Waals surface area contributed by atoms with Gasteiger partial charge < -0.3 is 14.6 Å². The number of aliphatic carboxylic acids is 1. The molecule has 0 spiro atoms. The average molecular weight is 224 g/mol. The summed E-state index contributed by atoms with van der Waals surface area (Å²) in [5, 5.41) is 16.8. The number of carbonyl (C=O) groups is 1. The van der Waals surface area contributed by atoms with Crippen LogP contribution in [0.25, 0.3) is 0 Å². The van der Waals surface area contributed by atoms with Crippen molar-refractivity contribution in [2.75, 3.05) is 18.0 Å². The van der Waals surface area contributed by atoms with E-state index in [0.717, 1.165) is 24.9 Å². The van der Waals surface area contributed by atoms with Gasteiger partial charge in [-0.15, -0.1) is 10.2 Å². The van der Waals surface area contributed by atoms with E-state index in [1.54, 1.807) is 0 Å². The molecule has 0 atom stereocenters. The molecular formula is C10H16N4O2. The first-order valence-corrected chi connectivity index (χ1v) is 5.53. The molecule has 0 amide bonds. The van der Waals surface area contributed by atoms with Gasteiger partial charge in [0.05, 0.1) is 6.42 Å². The van der Waals surface area contributed by atoms with Crippen molar-refractivity contribution in [2.45, 2.75) is 25.7 Å². The summed E-state index contributed by atoms with van der Waals surface area (Å²) >= 11 is 0. The second-order valence-electron chi connectivity index (χ2n) is 4.06. The molecule has 0 radical (unpaired) electrons. The van der Waals surface area contributed by atoms with E-state index < -0.39 is 5.97 Å². The molecule has 88 valence electrons. The second-order valence-corrected chi connectivity index (χ2v) is 4.06. The maximum absolute atomic E-state index is 10.5. The molecule has 0 unspecified atom stereocenters. The van der Waals surface area contributed by atoms with Crippen molar-refractivity contribution in [1.29, 1.82) is 0 Å². The van der Waals surface area contributed by atoms with Crippen LogP contribution in [-0.4, -0.2) is 38.9 Å². The van der Waals surface area contributed by atoms with Crippen LogP contribution in [0, 0.1) is 0 Å². The Balaban J connectivity index is 2.07. The third kappa shape index (κ3) is 2.15. The van der Waals surface area contributed by atoms with Crippen molar-refractivity contribution < 1.29 is 9.90 Å². The molecule has 1 aliphatic rings. The lowest BCUT2D eigenvalue weighted by Gasteiger charge is -2.15. The molecule has 1 aliphatic heterocycles. The first kappa shape index (κ1) is 10.9. The Labute approximate surface area is 93.9 Å². The highest BCUT2D eigenvalue weighted by atomic mass is 16.4. The van der Waals surface area contributed by atoms with Gasteiger partial charge in [0.15, 0.2) is 0 Å². The fraction of sp³-hybridized carbons (Fsp3) is 0.700. The summed E-state index contributed by atoms with van der Waals surface area (Å²) in [7, 11) is 1.89. The predicted octanol–water partition coefficient (Wildman–Crippen LogP) is 0.432. The molecule has 0 aromatic carbocycles. The number of anilines is 1. The van der Waals surface area contributed by atoms with Gasteiger partial charge in [0.1, 0.15) is 5.82 Å². The lowest BCUT2D eigenvalue weighted by atomic mass is 10.3. The van der Waals surface area contributed by atoms with Crippen LogP contribution in [0.3, 0.4) is 0 Å². The smallest absolute Gasteiger partial charge is 0.303 e. The van der Waals surface area contributed by atoms with Crippen molar-refractivity contribution in [3.05, 3.63) is 5.82 Å². The van der Waals surface area contributed by atoms with Gasteiger partial charge in [-0.2, -0.15) is 0 Å². The Morgan fingerprint density at radius 2 is 2.06 bits per heavy atom. The monoisotopic (exact) mass is 224 g/mol. The standard InChI is InChI=1S/C10H16N4O2/c1-13-8(4-5-9(15)16)11-12-10(13)14-6-2-3-7-14/h2-7H2,1H3,(H,15,16). The highest BCUT2D eigenvalue weighted by Crippen LogP contribution is 2.18. The third-order valence-corrected chi connectivity index (χ3v) is 2.89. The molecule has 1 fully saturated rings. The molecule has 0 bridgehead atoms. The number of hydrogen-bond acceptors (Lipinski definition) is 4. The van der Waals surface area contributed by atoms with E-state index in [9.17, 15) is 4.79 Å². The second kappa shape index (κ2) is 4.51. The van der Waals surface area contributed by atoms with Crippen LogP contribution in [0.1, 0.15) is 25.1 Å². The molecule has 1 aromatic heterocycles. The van der Waals surface area contributed by atoms with E-state index in [-0.39, 0.29) is 6.42 Å². The van der Waals surface area contributed by atoms with Crippen LogP contribution in [0.5, 0.6) is 0 Å². The van der Waals surface area contributed by atoms with Crippen LogP contribution in [0.15, 0.2) is 0 Å². The summed E-state index contributed by atoms with van der Waals surface area (Å²) in [6, 6.07) is 0. The zero-order valence-electron chi connectivity index (χ0n) is 9.39. The van der Waals surface area contributed by atoms with Gasteiger partial charge >= 0.3 is 5.97 Å². The molecule has 6 heteroatoms. The fourth-order valence-corrected chi connectivity index (χ4v) is 1.98. The van der Waals surface area contributed by atoms with E-state index in [2.05, 4.69) is 15.1 Å². The fourth-order valence-electron chi connectivity index (χ4n) is 1.98. The predicted molar refractivity (Wildman–Crippen MR) is 58.4 cm³/mol. The van der Waals surface area contributed by atoms with Crippen molar-refractivity contribution in [2.24, 2.45) is 7.05 Å². The van der Waals surface area contributed by atoms with E-state index in [4.69, 9.17) is 5.11 Å². The Morgan fingerprint density at radius 3 is 2.69 bits per heavy atom. The molecule has 1 aromatic rings. The van der Waals surface area contributed by atoms with Crippen molar-refractivity contribution >= 4 is 11.9 Å². The number of carboxylic acids is 1. The quantitative estimate of drug-likeness (QED) is 0.803. The van der Waals surface area contributed by atoms with Gasteiger partial charge in [0, 0.05) is 26.6 Å². The maximum Gasteiger partial charge on any atom is 0.303 e. The lowest BCUT2D eigenvalue weighted by molar-refractivity contribution is -0.137. The average Bonchev–Trinajstić information content (AvgIpc) is 2.84. The van der Waals surface area contributed by atoms with Gasteiger partial charge in [0.2, 0.25) is 5.95 Å². The van der Waals surface area contributed by atoms with Gasteiger partial charge in [0.25, 0.3) is 0 Å². The van der Waals surface area contributed by atoms with Crippen LogP contribution in [-0.2, 0) is 18.3 Å². The Hall–Kier alpha value is -1.59. The van der Waals surface area contributed by atoms with Crippen LogP contribution < -0.4 is 4.90 Å². The minimum Gasteiger partial charge on any atom is -0.481 e. The Morgan fingerprint density at radius 1 is 1.38 bits per heavy atom. The third-order valence-electron chi connectivity index (χ3n) is 2.89. The van der Waals surface area contributed by atoms with Crippen LogP contribution in [0.4, 0.5) is 5.95 Å². The summed E-state index contributed by atoms with van der Waals surface area (Å²) in [4.78, 5) is 12.7. The molecule has 2 rings (SSSR count). The molecule has 2 heterocycles. The van der Waals surface area contributed by atoms with Gasteiger partial charge in [-0.3, -0.25) is 4.79 Å². The number of hydrogen-bond donors (Lipinski definition) is 1. The minimum atomic E-state index is -0.800. The largest absolute Gasteiger partial charge is 0.481 e. The van der Waals surface area contributed by atoms with Gasteiger partial charge in [-0.25, -0.2) is 0 Å². The van der Waals surface area contributed by atoms with E-state index in [1.165, 1.54) is 12.8 Å². The lowest BCUT2D eigenvalue weighted by Crippen LogP contribution is -2.21. The molecule has 0 saturated carbocycles. The van der Waals surface area contributed by atoms with Gasteiger partial charge in [-0.1, -0.05) is 0 Å². The number of nitrogens with zero attached hydrogens (tertiary/aromatic N) is 4. The normalized spacial score (nSPS) is 15.7. The van der Waals surface area contributed by atoms with Crippen LogP contribution in [0.2, 0.25) is 0 Å². The molecule has 6 nitrogen and oxygen atoms in total. The Bertz CT molecular complexity index is 382. The van der Waals surface area contributed by atoms with Crippen LogP contribution >= 0.6 is 0 Å². The highest BCUT2D eigenvalue weighted by Gasteiger charge is 2.19. The molecule has 1 saturated heterocycles. The van der Waals surface area contributed by atoms with E-state index in [1.807, 2.05) is 11.6 Å². The first-order valence-electron chi connectivity index (χ1n) is 5.53. The van der Waals surface area contributed by atoms with E-state index in [0.29, 0.717) is 6.42 Å². The molecule has 0 aliphatic carbocycles. The topological polar surface area (TPSA) is 71.2 Å².